The van der Waals surface area contributed by atoms with Crippen LogP contribution in [0.1, 0.15) is 37.4 Å². The summed E-state index contributed by atoms with van der Waals surface area (Å²) in [5.41, 5.74) is 2.43. The molecule has 0 saturated carbocycles. The fraction of sp³-hybridized carbons (Fsp3) is 0.353. The quantitative estimate of drug-likeness (QED) is 0.832. The van der Waals surface area contributed by atoms with Gasteiger partial charge in [-0.15, -0.1) is 0 Å². The van der Waals surface area contributed by atoms with Gasteiger partial charge >= 0.3 is 0 Å². The van der Waals surface area contributed by atoms with Crippen LogP contribution >= 0.6 is 0 Å². The summed E-state index contributed by atoms with van der Waals surface area (Å²) >= 11 is 0. The molecule has 0 amide bonds. The van der Waals surface area contributed by atoms with E-state index in [4.69, 9.17) is 4.74 Å². The molecule has 0 saturated heterocycles. The molecule has 106 valence electrons. The van der Waals surface area contributed by atoms with E-state index in [0.717, 1.165) is 25.3 Å². The number of hydrogen-bond acceptors (Lipinski definition) is 3. The molecule has 1 N–H and O–H groups in total. The van der Waals surface area contributed by atoms with Crippen molar-refractivity contribution in [3.8, 4) is 5.75 Å². The number of nitrogens with one attached hydrogen (secondary N) is 1. The molecule has 0 aliphatic heterocycles. The van der Waals surface area contributed by atoms with E-state index in [-0.39, 0.29) is 6.04 Å². The predicted molar refractivity (Wildman–Crippen MR) is 81.7 cm³/mol. The topological polar surface area (TPSA) is 34.1 Å². The van der Waals surface area contributed by atoms with Gasteiger partial charge in [-0.25, -0.2) is 0 Å². The zero-order chi connectivity index (χ0) is 14.2. The van der Waals surface area contributed by atoms with E-state index in [1.54, 1.807) is 6.20 Å². The van der Waals surface area contributed by atoms with Gasteiger partial charge in [0.25, 0.3) is 0 Å². The molecular weight excluding hydrogens is 248 g/mol. The van der Waals surface area contributed by atoms with Gasteiger partial charge in [-0.05, 0) is 42.7 Å². The third-order valence-corrected chi connectivity index (χ3v) is 3.17. The van der Waals surface area contributed by atoms with Gasteiger partial charge in [-0.3, -0.25) is 4.98 Å². The standard InChI is InChI=1S/C17H22N2O/c1-3-10-20-17-8-4-6-15(11-17)12-19-14(2)16-7-5-9-18-13-16/h4-9,11,13-14,19H,3,10,12H2,1-2H3/t14-/m0/s1. The Morgan fingerprint density at radius 3 is 2.90 bits per heavy atom. The van der Waals surface area contributed by atoms with Gasteiger partial charge < -0.3 is 10.1 Å². The second-order valence-corrected chi connectivity index (χ2v) is 4.88. The second kappa shape index (κ2) is 7.65. The van der Waals surface area contributed by atoms with Crippen molar-refractivity contribution in [2.75, 3.05) is 6.61 Å². The van der Waals surface area contributed by atoms with Gasteiger partial charge in [0, 0.05) is 25.0 Å². The van der Waals surface area contributed by atoms with Crippen molar-refractivity contribution in [3.05, 3.63) is 59.9 Å². The van der Waals surface area contributed by atoms with Gasteiger partial charge in [0.15, 0.2) is 0 Å². The molecule has 20 heavy (non-hydrogen) atoms. The van der Waals surface area contributed by atoms with Crippen LogP contribution < -0.4 is 10.1 Å². The third-order valence-electron chi connectivity index (χ3n) is 3.17. The molecule has 0 unspecified atom stereocenters. The molecule has 0 fully saturated rings. The Morgan fingerprint density at radius 2 is 2.15 bits per heavy atom. The largest absolute Gasteiger partial charge is 0.494 e. The van der Waals surface area contributed by atoms with Gasteiger partial charge in [0.1, 0.15) is 5.75 Å². The average Bonchev–Trinajstić information content (AvgIpc) is 2.52. The van der Waals surface area contributed by atoms with Gasteiger partial charge in [0.2, 0.25) is 0 Å². The second-order valence-electron chi connectivity index (χ2n) is 4.88. The molecule has 0 aliphatic rings. The maximum Gasteiger partial charge on any atom is 0.119 e. The van der Waals surface area contributed by atoms with Crippen molar-refractivity contribution >= 4 is 0 Å². The number of hydrogen-bond donors (Lipinski definition) is 1. The lowest BCUT2D eigenvalue weighted by Gasteiger charge is -2.14. The van der Waals surface area contributed by atoms with Gasteiger partial charge in [0.05, 0.1) is 6.61 Å². The molecule has 1 aromatic carbocycles. The third kappa shape index (κ3) is 4.35. The van der Waals surface area contributed by atoms with Crippen LogP contribution in [-0.2, 0) is 6.54 Å². The predicted octanol–water partition coefficient (Wildman–Crippen LogP) is 3.72. The maximum atomic E-state index is 5.65. The van der Waals surface area contributed by atoms with Crippen LogP contribution in [0.2, 0.25) is 0 Å². The summed E-state index contributed by atoms with van der Waals surface area (Å²) in [6, 6.07) is 12.6. The number of nitrogens with zero attached hydrogens (tertiary/aromatic N) is 1. The lowest BCUT2D eigenvalue weighted by molar-refractivity contribution is 0.317. The van der Waals surface area contributed by atoms with E-state index in [2.05, 4.69) is 42.3 Å². The maximum absolute atomic E-state index is 5.65. The smallest absolute Gasteiger partial charge is 0.119 e. The summed E-state index contributed by atoms with van der Waals surface area (Å²) in [6.07, 6.45) is 4.73. The molecule has 1 atom stereocenters. The highest BCUT2D eigenvalue weighted by molar-refractivity contribution is 5.28. The molecular formula is C17H22N2O. The van der Waals surface area contributed by atoms with E-state index >= 15 is 0 Å². The number of ether oxygens (including phenoxy) is 1. The fourth-order valence-electron chi connectivity index (χ4n) is 1.99. The Balaban J connectivity index is 1.90. The summed E-state index contributed by atoms with van der Waals surface area (Å²) in [7, 11) is 0. The minimum Gasteiger partial charge on any atom is -0.494 e. The van der Waals surface area contributed by atoms with Crippen molar-refractivity contribution in [2.24, 2.45) is 0 Å². The van der Waals surface area contributed by atoms with Crippen molar-refractivity contribution in [1.82, 2.24) is 10.3 Å². The van der Waals surface area contributed by atoms with Crippen molar-refractivity contribution < 1.29 is 4.74 Å². The first-order chi connectivity index (χ1) is 9.79. The van der Waals surface area contributed by atoms with Crippen molar-refractivity contribution in [1.29, 1.82) is 0 Å². The van der Waals surface area contributed by atoms with E-state index in [1.807, 2.05) is 24.4 Å². The van der Waals surface area contributed by atoms with E-state index in [9.17, 15) is 0 Å². The monoisotopic (exact) mass is 270 g/mol. The minimum absolute atomic E-state index is 0.281. The Bertz CT molecular complexity index is 513. The SMILES string of the molecule is CCCOc1cccc(CN[C@@H](C)c2cccnc2)c1. The normalized spacial score (nSPS) is 12.1. The first-order valence-electron chi connectivity index (χ1n) is 7.14. The van der Waals surface area contributed by atoms with Crippen LogP contribution in [0.25, 0.3) is 0 Å². The molecule has 0 aliphatic carbocycles. The van der Waals surface area contributed by atoms with E-state index in [0.29, 0.717) is 0 Å². The molecule has 0 spiro atoms. The number of rotatable bonds is 7. The summed E-state index contributed by atoms with van der Waals surface area (Å²) in [5, 5.41) is 3.50. The first-order valence-corrected chi connectivity index (χ1v) is 7.14. The molecule has 3 heteroatoms. The highest BCUT2D eigenvalue weighted by Crippen LogP contribution is 2.15. The fourth-order valence-corrected chi connectivity index (χ4v) is 1.99. The zero-order valence-electron chi connectivity index (χ0n) is 12.2. The lowest BCUT2D eigenvalue weighted by Crippen LogP contribution is -2.18. The van der Waals surface area contributed by atoms with Crippen LogP contribution in [0.5, 0.6) is 5.75 Å². The molecule has 2 aromatic rings. The summed E-state index contributed by atoms with van der Waals surface area (Å²) < 4.78 is 5.65. The van der Waals surface area contributed by atoms with Crippen LogP contribution in [-0.4, -0.2) is 11.6 Å². The Labute approximate surface area is 121 Å². The van der Waals surface area contributed by atoms with Crippen molar-refractivity contribution in [3.63, 3.8) is 0 Å². The molecule has 1 aromatic heterocycles. The summed E-state index contributed by atoms with van der Waals surface area (Å²) in [6.45, 7) is 5.85. The lowest BCUT2D eigenvalue weighted by atomic mass is 10.1. The van der Waals surface area contributed by atoms with Gasteiger partial charge in [-0.1, -0.05) is 25.1 Å². The highest BCUT2D eigenvalue weighted by atomic mass is 16.5. The Kier molecular flexibility index (Phi) is 5.56. The van der Waals surface area contributed by atoms with Crippen LogP contribution in [0.3, 0.4) is 0 Å². The van der Waals surface area contributed by atoms with Crippen LogP contribution in [0.15, 0.2) is 48.8 Å². The zero-order valence-corrected chi connectivity index (χ0v) is 12.2. The Hall–Kier alpha value is -1.87. The van der Waals surface area contributed by atoms with Crippen molar-refractivity contribution in [2.45, 2.75) is 32.9 Å². The van der Waals surface area contributed by atoms with Crippen LogP contribution in [0.4, 0.5) is 0 Å². The van der Waals surface area contributed by atoms with Gasteiger partial charge in [-0.2, -0.15) is 0 Å². The minimum atomic E-state index is 0.281. The summed E-state index contributed by atoms with van der Waals surface area (Å²) in [5.74, 6) is 0.945. The van der Waals surface area contributed by atoms with E-state index < -0.39 is 0 Å². The number of aromatic nitrogens is 1. The van der Waals surface area contributed by atoms with Crippen LogP contribution in [0, 0.1) is 0 Å². The molecule has 3 nitrogen and oxygen atoms in total. The first kappa shape index (κ1) is 14.5. The number of benzene rings is 1. The summed E-state index contributed by atoms with van der Waals surface area (Å²) in [4.78, 5) is 4.15. The molecule has 1 heterocycles. The highest BCUT2D eigenvalue weighted by Gasteiger charge is 2.04. The number of pyridine rings is 1. The molecule has 0 radical (unpaired) electrons. The van der Waals surface area contributed by atoms with E-state index in [1.165, 1.54) is 11.1 Å². The Morgan fingerprint density at radius 1 is 1.25 bits per heavy atom. The molecule has 2 rings (SSSR count). The molecule has 0 bridgehead atoms. The average molecular weight is 270 g/mol.